The lowest BCUT2D eigenvalue weighted by Gasteiger charge is -2.19. The van der Waals surface area contributed by atoms with Crippen molar-refractivity contribution in [1.82, 2.24) is 19.8 Å². The minimum absolute atomic E-state index is 0.133. The van der Waals surface area contributed by atoms with Crippen LogP contribution in [-0.2, 0) is 4.79 Å². The van der Waals surface area contributed by atoms with Gasteiger partial charge in [-0.1, -0.05) is 11.8 Å². The fraction of sp³-hybridized carbons (Fsp3) is 0.471. The quantitative estimate of drug-likeness (QED) is 0.627. The van der Waals surface area contributed by atoms with Crippen LogP contribution in [0.1, 0.15) is 26.7 Å². The molecule has 2 heterocycles. The van der Waals surface area contributed by atoms with E-state index >= 15 is 0 Å². The average Bonchev–Trinajstić information content (AvgIpc) is 3.26. The van der Waals surface area contributed by atoms with Crippen LogP contribution in [0.4, 0.5) is 0 Å². The molecule has 0 bridgehead atoms. The van der Waals surface area contributed by atoms with Crippen LogP contribution in [0.25, 0.3) is 11.4 Å². The summed E-state index contributed by atoms with van der Waals surface area (Å²) in [5, 5.41) is 8.61. The van der Waals surface area contributed by atoms with Crippen LogP contribution in [0.15, 0.2) is 29.4 Å². The van der Waals surface area contributed by atoms with E-state index in [0.29, 0.717) is 17.6 Å². The number of nitrogen functional groups attached to an aromatic ring is 1. The Morgan fingerprint density at radius 3 is 2.60 bits per heavy atom. The van der Waals surface area contributed by atoms with Crippen LogP contribution in [0.2, 0.25) is 0 Å². The van der Waals surface area contributed by atoms with Crippen LogP contribution < -0.4 is 10.6 Å². The highest BCUT2D eigenvalue weighted by atomic mass is 32.2. The van der Waals surface area contributed by atoms with Gasteiger partial charge in [-0.25, -0.2) is 4.68 Å². The zero-order valence-corrected chi connectivity index (χ0v) is 15.3. The number of benzene rings is 1. The lowest BCUT2D eigenvalue weighted by molar-refractivity contribution is -0.129. The van der Waals surface area contributed by atoms with Crippen molar-refractivity contribution in [3.8, 4) is 17.1 Å². The zero-order chi connectivity index (χ0) is 17.8. The molecule has 2 N–H and O–H groups in total. The van der Waals surface area contributed by atoms with Crippen molar-refractivity contribution in [3.63, 3.8) is 0 Å². The summed E-state index contributed by atoms with van der Waals surface area (Å²) in [6.07, 6.45) is 2.16. The number of amides is 1. The lowest BCUT2D eigenvalue weighted by Crippen LogP contribution is -2.34. The number of rotatable bonds is 6. The Balaban J connectivity index is 1.71. The van der Waals surface area contributed by atoms with Gasteiger partial charge < -0.3 is 15.5 Å². The molecule has 8 heteroatoms. The Morgan fingerprint density at radius 2 is 1.96 bits per heavy atom. The van der Waals surface area contributed by atoms with Crippen LogP contribution in [0.3, 0.4) is 0 Å². The van der Waals surface area contributed by atoms with Crippen molar-refractivity contribution < 1.29 is 9.53 Å². The second kappa shape index (κ2) is 7.77. The van der Waals surface area contributed by atoms with Gasteiger partial charge in [-0.05, 0) is 51.0 Å². The summed E-state index contributed by atoms with van der Waals surface area (Å²) in [6, 6.07) is 7.54. The van der Waals surface area contributed by atoms with E-state index in [9.17, 15) is 4.79 Å². The molecule has 3 rings (SSSR count). The first-order valence-corrected chi connectivity index (χ1v) is 9.37. The minimum Gasteiger partial charge on any atom is -0.494 e. The third-order valence-electron chi connectivity index (χ3n) is 4.14. The highest BCUT2D eigenvalue weighted by Gasteiger charge is 2.26. The first-order chi connectivity index (χ1) is 12.1. The van der Waals surface area contributed by atoms with Gasteiger partial charge >= 0.3 is 0 Å². The molecule has 0 aliphatic carbocycles. The van der Waals surface area contributed by atoms with Crippen molar-refractivity contribution in [1.29, 1.82) is 0 Å². The van der Waals surface area contributed by atoms with E-state index in [1.807, 2.05) is 43.0 Å². The number of likely N-dealkylation sites (tertiary alicyclic amines) is 1. The topological polar surface area (TPSA) is 86.3 Å². The van der Waals surface area contributed by atoms with Crippen LogP contribution in [-0.4, -0.2) is 50.6 Å². The maximum atomic E-state index is 12.4. The molecule has 1 fully saturated rings. The number of nitrogens with zero attached hydrogens (tertiary/aromatic N) is 4. The molecule has 0 saturated carbocycles. The Kier molecular flexibility index (Phi) is 5.47. The summed E-state index contributed by atoms with van der Waals surface area (Å²) in [6.45, 7) is 6.14. The molecule has 0 spiro atoms. The van der Waals surface area contributed by atoms with Gasteiger partial charge in [-0.15, -0.1) is 10.2 Å². The van der Waals surface area contributed by atoms with Gasteiger partial charge in [0.25, 0.3) is 0 Å². The molecule has 7 nitrogen and oxygen atoms in total. The largest absolute Gasteiger partial charge is 0.494 e. The SMILES string of the molecule is CCOc1ccc(-c2nnc(S[C@H](C)C(=O)N3CCCC3)n2N)cc1. The molecule has 1 aromatic carbocycles. The summed E-state index contributed by atoms with van der Waals surface area (Å²) in [7, 11) is 0. The predicted molar refractivity (Wildman–Crippen MR) is 97.9 cm³/mol. The van der Waals surface area contributed by atoms with Gasteiger partial charge in [-0.2, -0.15) is 0 Å². The number of nitrogens with two attached hydrogens (primary N) is 1. The van der Waals surface area contributed by atoms with Crippen molar-refractivity contribution in [2.75, 3.05) is 25.5 Å². The summed E-state index contributed by atoms with van der Waals surface area (Å²) >= 11 is 1.34. The normalized spacial score (nSPS) is 15.4. The number of aromatic nitrogens is 3. The van der Waals surface area contributed by atoms with Crippen molar-refractivity contribution >= 4 is 17.7 Å². The van der Waals surface area contributed by atoms with Gasteiger partial charge in [0.2, 0.25) is 11.1 Å². The Labute approximate surface area is 151 Å². The maximum Gasteiger partial charge on any atom is 0.235 e. The number of carbonyl (C=O) groups is 1. The third kappa shape index (κ3) is 3.89. The van der Waals surface area contributed by atoms with Crippen LogP contribution in [0.5, 0.6) is 5.75 Å². The van der Waals surface area contributed by atoms with Crippen molar-refractivity contribution in [3.05, 3.63) is 24.3 Å². The molecule has 1 aromatic heterocycles. The fourth-order valence-electron chi connectivity index (χ4n) is 2.82. The summed E-state index contributed by atoms with van der Waals surface area (Å²) in [4.78, 5) is 14.3. The van der Waals surface area contributed by atoms with Crippen LogP contribution >= 0.6 is 11.8 Å². The molecule has 1 atom stereocenters. The molecule has 0 radical (unpaired) electrons. The summed E-state index contributed by atoms with van der Waals surface area (Å²) in [5.74, 6) is 7.64. The van der Waals surface area contributed by atoms with E-state index in [-0.39, 0.29) is 11.2 Å². The third-order valence-corrected chi connectivity index (χ3v) is 5.18. The van der Waals surface area contributed by atoms with E-state index in [4.69, 9.17) is 10.6 Å². The number of hydrogen-bond acceptors (Lipinski definition) is 6. The molecular formula is C17H23N5O2S. The average molecular weight is 361 g/mol. The van der Waals surface area contributed by atoms with E-state index < -0.39 is 0 Å². The zero-order valence-electron chi connectivity index (χ0n) is 14.5. The van der Waals surface area contributed by atoms with Gasteiger partial charge in [0, 0.05) is 18.7 Å². The Hall–Kier alpha value is -2.22. The number of carbonyl (C=O) groups excluding carboxylic acids is 1. The van der Waals surface area contributed by atoms with Crippen LogP contribution in [0, 0.1) is 0 Å². The van der Waals surface area contributed by atoms with E-state index in [1.54, 1.807) is 0 Å². The second-order valence-electron chi connectivity index (χ2n) is 5.93. The molecule has 2 aromatic rings. The van der Waals surface area contributed by atoms with Gasteiger partial charge in [0.05, 0.1) is 11.9 Å². The van der Waals surface area contributed by atoms with E-state index in [2.05, 4.69) is 10.2 Å². The fourth-order valence-corrected chi connectivity index (χ4v) is 3.68. The summed E-state index contributed by atoms with van der Waals surface area (Å²) in [5.41, 5.74) is 0.851. The standard InChI is InChI=1S/C17H23N5O2S/c1-3-24-14-8-6-13(7-9-14)15-19-20-17(22(15)18)25-12(2)16(23)21-10-4-5-11-21/h6-9,12H,3-5,10-11,18H2,1-2H3/t12-/m1/s1. The first kappa shape index (κ1) is 17.6. The van der Waals surface area contributed by atoms with Crippen molar-refractivity contribution in [2.24, 2.45) is 0 Å². The van der Waals surface area contributed by atoms with Gasteiger partial charge in [0.1, 0.15) is 5.75 Å². The molecule has 134 valence electrons. The van der Waals surface area contributed by atoms with E-state index in [1.165, 1.54) is 16.4 Å². The maximum absolute atomic E-state index is 12.4. The number of thioether (sulfide) groups is 1. The Bertz CT molecular complexity index is 725. The van der Waals surface area contributed by atoms with Gasteiger partial charge in [0.15, 0.2) is 5.82 Å². The highest BCUT2D eigenvalue weighted by molar-refractivity contribution is 8.00. The monoisotopic (exact) mass is 361 g/mol. The first-order valence-electron chi connectivity index (χ1n) is 8.49. The predicted octanol–water partition coefficient (Wildman–Crippen LogP) is 2.16. The number of hydrogen-bond donors (Lipinski definition) is 1. The summed E-state index contributed by atoms with van der Waals surface area (Å²) < 4.78 is 6.88. The smallest absolute Gasteiger partial charge is 0.235 e. The van der Waals surface area contributed by atoms with Gasteiger partial charge in [-0.3, -0.25) is 4.79 Å². The molecule has 1 saturated heterocycles. The van der Waals surface area contributed by atoms with Crippen molar-refractivity contribution in [2.45, 2.75) is 37.1 Å². The molecule has 0 unspecified atom stereocenters. The molecule has 25 heavy (non-hydrogen) atoms. The lowest BCUT2D eigenvalue weighted by atomic mass is 10.2. The minimum atomic E-state index is -0.238. The molecule has 1 amide bonds. The number of ether oxygens (including phenoxy) is 1. The van der Waals surface area contributed by atoms with E-state index in [0.717, 1.165) is 37.2 Å². The molecule has 1 aliphatic heterocycles. The molecule has 1 aliphatic rings. The highest BCUT2D eigenvalue weighted by Crippen LogP contribution is 2.27. The second-order valence-corrected chi connectivity index (χ2v) is 7.23. The Morgan fingerprint density at radius 1 is 1.28 bits per heavy atom. The molecular weight excluding hydrogens is 338 g/mol.